The number of hydrogen-bond acceptors (Lipinski definition) is 5. The zero-order valence-electron chi connectivity index (χ0n) is 16.0. The van der Waals surface area contributed by atoms with Crippen LogP contribution in [0.25, 0.3) is 6.08 Å². The molecule has 0 unspecified atom stereocenters. The summed E-state index contributed by atoms with van der Waals surface area (Å²) >= 11 is 4.25. The third kappa shape index (κ3) is 5.58. The van der Waals surface area contributed by atoms with Crippen LogP contribution in [0.3, 0.4) is 0 Å². The van der Waals surface area contributed by atoms with E-state index in [1.165, 1.54) is 6.92 Å². The Balaban J connectivity index is 1.55. The third-order valence-electron chi connectivity index (χ3n) is 4.11. The average molecular weight is 488 g/mol. The van der Waals surface area contributed by atoms with Gasteiger partial charge in [0.1, 0.15) is 0 Å². The standard InChI is InChI=1S/C21H18BrN3O4S/c1-13(26)24-17-7-5-15(6-8-17)19(27)23-9-10-25-20(28)18(30-21(25)29)12-14-3-2-4-16(22)11-14/h2-8,11-12H,9-10H2,1H3,(H,23,27)(H,24,26)/b18-12+. The van der Waals surface area contributed by atoms with Gasteiger partial charge in [0, 0.05) is 35.7 Å². The number of thioether (sulfide) groups is 1. The molecule has 0 aromatic heterocycles. The van der Waals surface area contributed by atoms with E-state index in [1.54, 1.807) is 30.3 Å². The van der Waals surface area contributed by atoms with Crippen LogP contribution in [-0.2, 0) is 9.59 Å². The first kappa shape index (κ1) is 21.8. The maximum absolute atomic E-state index is 12.5. The second-order valence-electron chi connectivity index (χ2n) is 6.40. The van der Waals surface area contributed by atoms with Gasteiger partial charge in [-0.05, 0) is 59.8 Å². The van der Waals surface area contributed by atoms with E-state index in [-0.39, 0.29) is 36.1 Å². The molecular weight excluding hydrogens is 470 g/mol. The van der Waals surface area contributed by atoms with Crippen molar-refractivity contribution in [2.24, 2.45) is 0 Å². The highest BCUT2D eigenvalue weighted by atomic mass is 79.9. The summed E-state index contributed by atoms with van der Waals surface area (Å²) in [6.45, 7) is 1.62. The second-order valence-corrected chi connectivity index (χ2v) is 8.31. The number of halogens is 1. The first-order chi connectivity index (χ1) is 14.3. The highest BCUT2D eigenvalue weighted by molar-refractivity contribution is 9.10. The third-order valence-corrected chi connectivity index (χ3v) is 5.51. The summed E-state index contributed by atoms with van der Waals surface area (Å²) in [5, 5.41) is 4.95. The van der Waals surface area contributed by atoms with Crippen molar-refractivity contribution in [1.29, 1.82) is 0 Å². The van der Waals surface area contributed by atoms with Crippen LogP contribution in [0, 0.1) is 0 Å². The van der Waals surface area contributed by atoms with Gasteiger partial charge in [-0.3, -0.25) is 24.1 Å². The van der Waals surface area contributed by atoms with E-state index in [2.05, 4.69) is 26.6 Å². The number of hydrogen-bond donors (Lipinski definition) is 2. The van der Waals surface area contributed by atoms with Gasteiger partial charge in [0.2, 0.25) is 5.91 Å². The Morgan fingerprint density at radius 3 is 2.53 bits per heavy atom. The summed E-state index contributed by atoms with van der Waals surface area (Å²) in [6, 6.07) is 13.8. The van der Waals surface area contributed by atoms with E-state index >= 15 is 0 Å². The number of amides is 4. The van der Waals surface area contributed by atoms with Gasteiger partial charge in [-0.1, -0.05) is 28.1 Å². The smallest absolute Gasteiger partial charge is 0.293 e. The second kappa shape index (κ2) is 9.73. The van der Waals surface area contributed by atoms with Crippen molar-refractivity contribution in [2.75, 3.05) is 18.4 Å². The van der Waals surface area contributed by atoms with E-state index in [9.17, 15) is 19.2 Å². The molecule has 0 spiro atoms. The molecule has 1 saturated heterocycles. The van der Waals surface area contributed by atoms with Crippen LogP contribution in [-0.4, -0.2) is 41.0 Å². The molecule has 30 heavy (non-hydrogen) atoms. The number of imide groups is 1. The minimum absolute atomic E-state index is 0.0796. The maximum atomic E-state index is 12.5. The molecular formula is C21H18BrN3O4S. The molecule has 2 N–H and O–H groups in total. The lowest BCUT2D eigenvalue weighted by atomic mass is 10.2. The minimum Gasteiger partial charge on any atom is -0.350 e. The van der Waals surface area contributed by atoms with E-state index in [0.717, 1.165) is 26.7 Å². The molecule has 154 valence electrons. The minimum atomic E-state index is -0.376. The summed E-state index contributed by atoms with van der Waals surface area (Å²) in [7, 11) is 0. The molecule has 0 aliphatic carbocycles. The van der Waals surface area contributed by atoms with Gasteiger partial charge < -0.3 is 10.6 Å². The Hall–Kier alpha value is -2.91. The molecule has 1 fully saturated rings. The van der Waals surface area contributed by atoms with Crippen molar-refractivity contribution in [3.63, 3.8) is 0 Å². The van der Waals surface area contributed by atoms with Gasteiger partial charge in [0.25, 0.3) is 17.1 Å². The van der Waals surface area contributed by atoms with E-state index in [0.29, 0.717) is 16.2 Å². The average Bonchev–Trinajstić information content (AvgIpc) is 2.95. The molecule has 3 rings (SSSR count). The van der Waals surface area contributed by atoms with Crippen molar-refractivity contribution >= 4 is 62.4 Å². The topological polar surface area (TPSA) is 95.6 Å². The number of benzene rings is 2. The number of carbonyl (C=O) groups excluding carboxylic acids is 4. The lowest BCUT2D eigenvalue weighted by Crippen LogP contribution is -2.37. The summed E-state index contributed by atoms with van der Waals surface area (Å²) in [4.78, 5) is 49.5. The number of nitrogens with zero attached hydrogens (tertiary/aromatic N) is 1. The van der Waals surface area contributed by atoms with Crippen LogP contribution in [0.1, 0.15) is 22.8 Å². The first-order valence-corrected chi connectivity index (χ1v) is 10.6. The largest absolute Gasteiger partial charge is 0.350 e. The summed E-state index contributed by atoms with van der Waals surface area (Å²) < 4.78 is 0.878. The molecule has 1 heterocycles. The van der Waals surface area contributed by atoms with Crippen LogP contribution in [0.5, 0.6) is 0 Å². The summed E-state index contributed by atoms with van der Waals surface area (Å²) in [5.74, 6) is -0.904. The van der Waals surface area contributed by atoms with E-state index < -0.39 is 0 Å². The monoisotopic (exact) mass is 487 g/mol. The molecule has 0 radical (unpaired) electrons. The molecule has 0 atom stereocenters. The van der Waals surface area contributed by atoms with Gasteiger partial charge in [0.05, 0.1) is 4.91 Å². The van der Waals surface area contributed by atoms with Crippen LogP contribution in [0.2, 0.25) is 0 Å². The van der Waals surface area contributed by atoms with Crippen LogP contribution < -0.4 is 10.6 Å². The van der Waals surface area contributed by atoms with Crippen molar-refractivity contribution in [3.8, 4) is 0 Å². The van der Waals surface area contributed by atoms with E-state index in [4.69, 9.17) is 0 Å². The molecule has 2 aromatic rings. The lowest BCUT2D eigenvalue weighted by Gasteiger charge is -2.13. The fourth-order valence-corrected chi connectivity index (χ4v) is 4.01. The quantitative estimate of drug-likeness (QED) is 0.602. The van der Waals surface area contributed by atoms with Gasteiger partial charge in [0.15, 0.2) is 0 Å². The molecule has 4 amide bonds. The normalized spacial score (nSPS) is 14.9. The Labute approximate surface area is 186 Å². The summed E-state index contributed by atoms with van der Waals surface area (Å²) in [6.07, 6.45) is 1.67. The molecule has 1 aliphatic rings. The zero-order valence-corrected chi connectivity index (χ0v) is 18.4. The van der Waals surface area contributed by atoms with Gasteiger partial charge in [-0.25, -0.2) is 0 Å². The number of nitrogens with one attached hydrogen (secondary N) is 2. The van der Waals surface area contributed by atoms with Crippen LogP contribution >= 0.6 is 27.7 Å². The lowest BCUT2D eigenvalue weighted by molar-refractivity contribution is -0.122. The molecule has 1 aliphatic heterocycles. The van der Waals surface area contributed by atoms with E-state index in [1.807, 2.05) is 24.3 Å². The van der Waals surface area contributed by atoms with Crippen LogP contribution in [0.4, 0.5) is 10.5 Å². The van der Waals surface area contributed by atoms with Crippen molar-refractivity contribution in [1.82, 2.24) is 10.2 Å². The van der Waals surface area contributed by atoms with Crippen molar-refractivity contribution in [2.45, 2.75) is 6.92 Å². The number of carbonyl (C=O) groups is 4. The Morgan fingerprint density at radius 2 is 1.87 bits per heavy atom. The zero-order chi connectivity index (χ0) is 21.7. The Kier molecular flexibility index (Phi) is 7.07. The van der Waals surface area contributed by atoms with Crippen molar-refractivity contribution in [3.05, 3.63) is 69.0 Å². The van der Waals surface area contributed by atoms with Crippen molar-refractivity contribution < 1.29 is 19.2 Å². The molecule has 9 heteroatoms. The van der Waals surface area contributed by atoms with Gasteiger partial charge in [-0.2, -0.15) is 0 Å². The predicted octanol–water partition coefficient (Wildman–Crippen LogP) is 3.87. The van der Waals surface area contributed by atoms with Gasteiger partial charge >= 0.3 is 0 Å². The molecule has 2 aromatic carbocycles. The Bertz CT molecular complexity index is 1040. The highest BCUT2D eigenvalue weighted by Gasteiger charge is 2.34. The first-order valence-electron chi connectivity index (χ1n) is 9.00. The molecule has 0 saturated carbocycles. The fourth-order valence-electron chi connectivity index (χ4n) is 2.73. The number of anilines is 1. The SMILES string of the molecule is CC(=O)Nc1ccc(C(=O)NCCN2C(=O)S/C(=C/c3cccc(Br)c3)C2=O)cc1. The number of rotatable bonds is 6. The van der Waals surface area contributed by atoms with Gasteiger partial charge in [-0.15, -0.1) is 0 Å². The summed E-state index contributed by atoms with van der Waals surface area (Å²) in [5.41, 5.74) is 1.81. The predicted molar refractivity (Wildman–Crippen MR) is 120 cm³/mol. The Morgan fingerprint density at radius 1 is 1.13 bits per heavy atom. The van der Waals surface area contributed by atoms with Crippen LogP contribution in [0.15, 0.2) is 57.9 Å². The maximum Gasteiger partial charge on any atom is 0.293 e. The molecule has 7 nitrogen and oxygen atoms in total. The highest BCUT2D eigenvalue weighted by Crippen LogP contribution is 2.32. The fraction of sp³-hybridized carbons (Fsp3) is 0.143. The molecule has 0 bridgehead atoms.